The molecule has 2 aromatic carbocycles. The van der Waals surface area contributed by atoms with Gasteiger partial charge in [-0.25, -0.2) is 0 Å². The Morgan fingerprint density at radius 1 is 0.917 bits per heavy atom. The zero-order valence-electron chi connectivity index (χ0n) is 14.1. The average molecular weight is 328 g/mol. The Labute approximate surface area is 140 Å². The summed E-state index contributed by atoms with van der Waals surface area (Å²) in [6, 6.07) is 10.5. The summed E-state index contributed by atoms with van der Waals surface area (Å²) in [5.74, 6) is 0.351. The lowest BCUT2D eigenvalue weighted by Gasteiger charge is -2.15. The summed E-state index contributed by atoms with van der Waals surface area (Å²) >= 11 is 0. The van der Waals surface area contributed by atoms with E-state index in [0.29, 0.717) is 28.4 Å². The first-order chi connectivity index (χ1) is 11.4. The molecule has 6 heteroatoms. The fourth-order valence-electron chi connectivity index (χ4n) is 2.26. The Morgan fingerprint density at radius 3 is 2.00 bits per heavy atom. The van der Waals surface area contributed by atoms with Gasteiger partial charge in [0.15, 0.2) is 0 Å². The first-order valence-electron chi connectivity index (χ1n) is 7.36. The van der Waals surface area contributed by atoms with E-state index in [2.05, 4.69) is 10.6 Å². The van der Waals surface area contributed by atoms with Crippen molar-refractivity contribution in [1.82, 2.24) is 0 Å². The van der Waals surface area contributed by atoms with Crippen molar-refractivity contribution in [2.24, 2.45) is 0 Å². The standard InChI is InChI=1S/C18H20N2O4/c1-11-6-5-7-13(8-11)18(22)20-15-10-16(23-3)14(19-12(2)21)9-17(15)24-4/h5-10H,1-4H3,(H,19,21)(H,20,22). The van der Waals surface area contributed by atoms with E-state index in [1.165, 1.54) is 21.1 Å². The highest BCUT2D eigenvalue weighted by molar-refractivity contribution is 6.05. The third-order valence-electron chi connectivity index (χ3n) is 3.36. The van der Waals surface area contributed by atoms with Crippen LogP contribution < -0.4 is 20.1 Å². The minimum atomic E-state index is -0.258. The number of nitrogens with one attached hydrogen (secondary N) is 2. The third kappa shape index (κ3) is 4.04. The Bertz CT molecular complexity index is 772. The lowest BCUT2D eigenvalue weighted by atomic mass is 10.1. The molecule has 126 valence electrons. The lowest BCUT2D eigenvalue weighted by Crippen LogP contribution is -2.14. The van der Waals surface area contributed by atoms with Gasteiger partial charge in [-0.05, 0) is 19.1 Å². The molecule has 0 fully saturated rings. The Morgan fingerprint density at radius 2 is 1.50 bits per heavy atom. The van der Waals surface area contributed by atoms with E-state index in [0.717, 1.165) is 5.56 Å². The third-order valence-corrected chi connectivity index (χ3v) is 3.36. The number of carbonyl (C=O) groups excluding carboxylic acids is 2. The minimum absolute atomic E-state index is 0.230. The van der Waals surface area contributed by atoms with Crippen LogP contribution in [-0.2, 0) is 4.79 Å². The highest BCUT2D eigenvalue weighted by Crippen LogP contribution is 2.36. The molecule has 0 unspecified atom stereocenters. The first kappa shape index (κ1) is 17.3. The van der Waals surface area contributed by atoms with Crippen LogP contribution in [0.4, 0.5) is 11.4 Å². The number of amides is 2. The van der Waals surface area contributed by atoms with Gasteiger partial charge in [0.05, 0.1) is 25.6 Å². The van der Waals surface area contributed by atoms with Crippen LogP contribution in [0, 0.1) is 6.92 Å². The Balaban J connectivity index is 2.35. The maximum Gasteiger partial charge on any atom is 0.255 e. The zero-order chi connectivity index (χ0) is 17.7. The second-order valence-electron chi connectivity index (χ2n) is 5.26. The monoisotopic (exact) mass is 328 g/mol. The number of carbonyl (C=O) groups is 2. The molecule has 0 saturated carbocycles. The van der Waals surface area contributed by atoms with E-state index in [4.69, 9.17) is 9.47 Å². The van der Waals surface area contributed by atoms with Crippen LogP contribution in [0.1, 0.15) is 22.8 Å². The Hall–Kier alpha value is -3.02. The SMILES string of the molecule is COc1cc(NC(=O)c2cccc(C)c2)c(OC)cc1NC(C)=O. The molecule has 0 aromatic heterocycles. The van der Waals surface area contributed by atoms with E-state index in [1.54, 1.807) is 24.3 Å². The van der Waals surface area contributed by atoms with Crippen molar-refractivity contribution in [3.8, 4) is 11.5 Å². The molecule has 2 N–H and O–H groups in total. The van der Waals surface area contributed by atoms with Gasteiger partial charge in [0.25, 0.3) is 5.91 Å². The maximum absolute atomic E-state index is 12.4. The molecule has 2 rings (SSSR count). The van der Waals surface area contributed by atoms with Gasteiger partial charge in [0, 0.05) is 24.6 Å². The van der Waals surface area contributed by atoms with Crippen LogP contribution in [0.25, 0.3) is 0 Å². The van der Waals surface area contributed by atoms with Crippen LogP contribution in [-0.4, -0.2) is 26.0 Å². The van der Waals surface area contributed by atoms with Gasteiger partial charge in [0.2, 0.25) is 5.91 Å². The van der Waals surface area contributed by atoms with E-state index in [-0.39, 0.29) is 11.8 Å². The number of aryl methyl sites for hydroxylation is 1. The van der Waals surface area contributed by atoms with Gasteiger partial charge in [-0.1, -0.05) is 17.7 Å². The fraction of sp³-hybridized carbons (Fsp3) is 0.222. The van der Waals surface area contributed by atoms with E-state index in [1.807, 2.05) is 19.1 Å². The van der Waals surface area contributed by atoms with Crippen molar-refractivity contribution in [1.29, 1.82) is 0 Å². The van der Waals surface area contributed by atoms with Crippen molar-refractivity contribution >= 4 is 23.2 Å². The van der Waals surface area contributed by atoms with Gasteiger partial charge >= 0.3 is 0 Å². The van der Waals surface area contributed by atoms with Crippen LogP contribution >= 0.6 is 0 Å². The summed E-state index contributed by atoms with van der Waals surface area (Å²) in [5.41, 5.74) is 2.46. The zero-order valence-corrected chi connectivity index (χ0v) is 14.1. The molecule has 0 saturated heterocycles. The van der Waals surface area contributed by atoms with Crippen molar-refractivity contribution in [2.45, 2.75) is 13.8 Å². The lowest BCUT2D eigenvalue weighted by molar-refractivity contribution is -0.114. The molecule has 2 amide bonds. The molecular formula is C18H20N2O4. The molecule has 24 heavy (non-hydrogen) atoms. The molecule has 0 spiro atoms. The molecule has 2 aromatic rings. The number of benzene rings is 2. The topological polar surface area (TPSA) is 76.7 Å². The van der Waals surface area contributed by atoms with Gasteiger partial charge in [-0.2, -0.15) is 0 Å². The average Bonchev–Trinajstić information content (AvgIpc) is 2.55. The summed E-state index contributed by atoms with van der Waals surface area (Å²) < 4.78 is 10.6. The number of methoxy groups -OCH3 is 2. The molecule has 6 nitrogen and oxygen atoms in total. The van der Waals surface area contributed by atoms with Crippen molar-refractivity contribution < 1.29 is 19.1 Å². The van der Waals surface area contributed by atoms with Crippen LogP contribution in [0.15, 0.2) is 36.4 Å². The molecular weight excluding hydrogens is 308 g/mol. The second kappa shape index (κ2) is 7.50. The molecule has 0 heterocycles. The smallest absolute Gasteiger partial charge is 0.255 e. The number of ether oxygens (including phenoxy) is 2. The molecule has 0 aliphatic heterocycles. The summed E-state index contributed by atoms with van der Waals surface area (Å²) in [7, 11) is 2.97. The quantitative estimate of drug-likeness (QED) is 0.883. The van der Waals surface area contributed by atoms with E-state index >= 15 is 0 Å². The van der Waals surface area contributed by atoms with Crippen molar-refractivity contribution in [3.05, 3.63) is 47.5 Å². The minimum Gasteiger partial charge on any atom is -0.494 e. The van der Waals surface area contributed by atoms with Gasteiger partial charge in [0.1, 0.15) is 11.5 Å². The largest absolute Gasteiger partial charge is 0.494 e. The first-order valence-corrected chi connectivity index (χ1v) is 7.36. The molecule has 0 aliphatic carbocycles. The predicted molar refractivity (Wildman–Crippen MR) is 93.0 cm³/mol. The summed E-state index contributed by atoms with van der Waals surface area (Å²) in [5, 5.41) is 5.47. The number of hydrogen-bond donors (Lipinski definition) is 2. The highest BCUT2D eigenvalue weighted by Gasteiger charge is 2.15. The van der Waals surface area contributed by atoms with E-state index in [9.17, 15) is 9.59 Å². The summed E-state index contributed by atoms with van der Waals surface area (Å²) in [6.07, 6.45) is 0. The Kier molecular flexibility index (Phi) is 5.42. The summed E-state index contributed by atoms with van der Waals surface area (Å²) in [4.78, 5) is 23.7. The fourth-order valence-corrected chi connectivity index (χ4v) is 2.26. The molecule has 0 radical (unpaired) electrons. The number of hydrogen-bond acceptors (Lipinski definition) is 4. The van der Waals surface area contributed by atoms with Crippen LogP contribution in [0.3, 0.4) is 0 Å². The van der Waals surface area contributed by atoms with Gasteiger partial charge < -0.3 is 20.1 Å². The van der Waals surface area contributed by atoms with Crippen LogP contribution in [0.5, 0.6) is 11.5 Å². The van der Waals surface area contributed by atoms with Crippen molar-refractivity contribution in [2.75, 3.05) is 24.9 Å². The van der Waals surface area contributed by atoms with Crippen molar-refractivity contribution in [3.63, 3.8) is 0 Å². The maximum atomic E-state index is 12.4. The van der Waals surface area contributed by atoms with Gasteiger partial charge in [-0.3, -0.25) is 9.59 Å². The predicted octanol–water partition coefficient (Wildman–Crippen LogP) is 3.22. The molecule has 0 bridgehead atoms. The highest BCUT2D eigenvalue weighted by atomic mass is 16.5. The van der Waals surface area contributed by atoms with E-state index < -0.39 is 0 Å². The number of rotatable bonds is 5. The van der Waals surface area contributed by atoms with Gasteiger partial charge in [-0.15, -0.1) is 0 Å². The summed E-state index contributed by atoms with van der Waals surface area (Å²) in [6.45, 7) is 3.32. The normalized spacial score (nSPS) is 10.0. The number of anilines is 2. The molecule has 0 atom stereocenters. The molecule has 0 aliphatic rings. The van der Waals surface area contributed by atoms with Crippen LogP contribution in [0.2, 0.25) is 0 Å². The second-order valence-corrected chi connectivity index (χ2v) is 5.26.